The molecule has 3 atom stereocenters. The van der Waals surface area contributed by atoms with Gasteiger partial charge in [-0.05, 0) is 0 Å². The van der Waals surface area contributed by atoms with Crippen molar-refractivity contribution in [1.82, 2.24) is 0 Å². The van der Waals surface area contributed by atoms with E-state index in [4.69, 9.17) is 24.2 Å². The van der Waals surface area contributed by atoms with Crippen molar-refractivity contribution >= 4 is 23.9 Å². The van der Waals surface area contributed by atoms with E-state index in [1.165, 1.54) is 0 Å². The van der Waals surface area contributed by atoms with Gasteiger partial charge in [0.1, 0.15) is 18.8 Å². The predicted molar refractivity (Wildman–Crippen MR) is 73.5 cm³/mol. The van der Waals surface area contributed by atoms with Crippen LogP contribution in [0.3, 0.4) is 0 Å². The molecule has 9 nitrogen and oxygen atoms in total. The summed E-state index contributed by atoms with van der Waals surface area (Å²) in [6, 6.07) is 1.73. The maximum atomic E-state index is 11.2. The molecule has 0 rings (SSSR count). The van der Waals surface area contributed by atoms with Crippen molar-refractivity contribution in [2.45, 2.75) is 52.4 Å². The molecular formula is C14H19NO8. The smallest absolute Gasteiger partial charge is 0.303 e. The molecule has 0 aliphatic rings. The molecule has 0 saturated carbocycles. The molecule has 0 amide bonds. The third-order valence-electron chi connectivity index (χ3n) is 2.40. The average Bonchev–Trinajstić information content (AvgIpc) is 2.40. The molecule has 0 saturated heterocycles. The van der Waals surface area contributed by atoms with E-state index in [2.05, 4.69) is 0 Å². The van der Waals surface area contributed by atoms with Crippen molar-refractivity contribution in [3.8, 4) is 6.07 Å². The fraction of sp³-hybridized carbons (Fsp3) is 0.643. The molecule has 0 aliphatic carbocycles. The Morgan fingerprint density at radius 1 is 0.826 bits per heavy atom. The van der Waals surface area contributed by atoms with E-state index in [-0.39, 0.29) is 13.0 Å². The fourth-order valence-electron chi connectivity index (χ4n) is 1.66. The minimum Gasteiger partial charge on any atom is -0.462 e. The summed E-state index contributed by atoms with van der Waals surface area (Å²) in [5, 5.41) is 8.98. The third kappa shape index (κ3) is 9.84. The quantitative estimate of drug-likeness (QED) is 0.454. The van der Waals surface area contributed by atoms with Gasteiger partial charge in [-0.25, -0.2) is 0 Å². The summed E-state index contributed by atoms with van der Waals surface area (Å²) in [6.45, 7) is 4.15. The summed E-state index contributed by atoms with van der Waals surface area (Å²) in [6.07, 6.45) is -3.71. The van der Waals surface area contributed by atoms with Crippen LogP contribution in [-0.2, 0) is 38.1 Å². The molecule has 0 radical (unpaired) electrons. The number of ether oxygens (including phenoxy) is 4. The minimum absolute atomic E-state index is 0.241. The van der Waals surface area contributed by atoms with Gasteiger partial charge in [0, 0.05) is 34.1 Å². The maximum absolute atomic E-state index is 11.2. The minimum atomic E-state index is -1.22. The Morgan fingerprint density at radius 3 is 1.70 bits per heavy atom. The largest absolute Gasteiger partial charge is 0.462 e. The van der Waals surface area contributed by atoms with Crippen LogP contribution in [0.15, 0.2) is 0 Å². The topological polar surface area (TPSA) is 129 Å². The van der Waals surface area contributed by atoms with Crippen LogP contribution in [0.2, 0.25) is 0 Å². The lowest BCUT2D eigenvalue weighted by Crippen LogP contribution is -2.41. The van der Waals surface area contributed by atoms with Crippen molar-refractivity contribution in [1.29, 1.82) is 5.26 Å². The SMILES string of the molecule is CC(=O)OCC(OC(C)=O)C(CC(C#N)OC(C)=O)OC(C)=O. The first-order valence-electron chi connectivity index (χ1n) is 6.70. The first kappa shape index (κ1) is 20.4. The number of esters is 4. The molecule has 23 heavy (non-hydrogen) atoms. The summed E-state index contributed by atoms with van der Waals surface area (Å²) in [4.78, 5) is 44.2. The number of hydrogen-bond donors (Lipinski definition) is 0. The summed E-state index contributed by atoms with van der Waals surface area (Å²) < 4.78 is 19.5. The van der Waals surface area contributed by atoms with Gasteiger partial charge in [0.25, 0.3) is 0 Å². The van der Waals surface area contributed by atoms with Crippen LogP contribution in [0, 0.1) is 11.3 Å². The number of carbonyl (C=O) groups excluding carboxylic acids is 4. The molecule has 0 fully saturated rings. The van der Waals surface area contributed by atoms with E-state index in [1.807, 2.05) is 0 Å². The van der Waals surface area contributed by atoms with E-state index in [9.17, 15) is 19.2 Å². The molecule has 0 bridgehead atoms. The molecule has 0 heterocycles. The van der Waals surface area contributed by atoms with E-state index < -0.39 is 42.2 Å². The molecule has 0 aromatic carbocycles. The molecule has 128 valence electrons. The van der Waals surface area contributed by atoms with Crippen molar-refractivity contribution in [2.24, 2.45) is 0 Å². The Labute approximate surface area is 133 Å². The van der Waals surface area contributed by atoms with Gasteiger partial charge in [0.15, 0.2) is 12.2 Å². The number of hydrogen-bond acceptors (Lipinski definition) is 9. The van der Waals surface area contributed by atoms with E-state index in [0.29, 0.717) is 0 Å². The van der Waals surface area contributed by atoms with Crippen molar-refractivity contribution < 1.29 is 38.1 Å². The molecule has 0 aromatic heterocycles. The normalized spacial score (nSPS) is 13.7. The standard InChI is InChI=1S/C14H19NO8/c1-8(16)20-7-14(23-11(4)19)13(22-10(3)18)5-12(6-15)21-9(2)17/h12-14H,5,7H2,1-4H3. The summed E-state index contributed by atoms with van der Waals surface area (Å²) in [5.41, 5.74) is 0. The van der Waals surface area contributed by atoms with Crippen molar-refractivity contribution in [3.05, 3.63) is 0 Å². The summed E-state index contributed by atoms with van der Waals surface area (Å²) in [5.74, 6) is -2.71. The Hall–Kier alpha value is -2.63. The first-order valence-corrected chi connectivity index (χ1v) is 6.70. The monoisotopic (exact) mass is 329 g/mol. The molecule has 0 N–H and O–H groups in total. The van der Waals surface area contributed by atoms with E-state index in [1.54, 1.807) is 6.07 Å². The molecule has 0 aromatic rings. The van der Waals surface area contributed by atoms with Crippen molar-refractivity contribution in [2.75, 3.05) is 6.61 Å². The molecule has 0 aliphatic heterocycles. The van der Waals surface area contributed by atoms with Gasteiger partial charge in [-0.15, -0.1) is 0 Å². The predicted octanol–water partition coefficient (Wildman–Crippen LogP) is 0.258. The van der Waals surface area contributed by atoms with Gasteiger partial charge < -0.3 is 18.9 Å². The lowest BCUT2D eigenvalue weighted by molar-refractivity contribution is -0.175. The van der Waals surface area contributed by atoms with Gasteiger partial charge in [-0.2, -0.15) is 5.26 Å². The Balaban J connectivity index is 5.19. The first-order chi connectivity index (χ1) is 10.6. The Morgan fingerprint density at radius 2 is 1.30 bits per heavy atom. The van der Waals surface area contributed by atoms with Crippen LogP contribution < -0.4 is 0 Å². The second kappa shape index (κ2) is 10.2. The highest BCUT2D eigenvalue weighted by Gasteiger charge is 2.32. The molecule has 0 spiro atoms. The van der Waals surface area contributed by atoms with E-state index in [0.717, 1.165) is 27.7 Å². The highest BCUT2D eigenvalue weighted by atomic mass is 16.6. The summed E-state index contributed by atoms with van der Waals surface area (Å²) in [7, 11) is 0. The van der Waals surface area contributed by atoms with Gasteiger partial charge >= 0.3 is 23.9 Å². The highest BCUT2D eigenvalue weighted by molar-refractivity contribution is 5.68. The average molecular weight is 329 g/mol. The third-order valence-corrected chi connectivity index (χ3v) is 2.40. The zero-order valence-corrected chi connectivity index (χ0v) is 13.4. The van der Waals surface area contributed by atoms with Crippen LogP contribution in [0.4, 0.5) is 0 Å². The molecule has 9 heteroatoms. The lowest BCUT2D eigenvalue weighted by Gasteiger charge is -2.27. The Kier molecular flexibility index (Phi) is 8.99. The maximum Gasteiger partial charge on any atom is 0.303 e. The highest BCUT2D eigenvalue weighted by Crippen LogP contribution is 2.15. The van der Waals surface area contributed by atoms with Crippen LogP contribution in [0.25, 0.3) is 0 Å². The van der Waals surface area contributed by atoms with Crippen molar-refractivity contribution in [3.63, 3.8) is 0 Å². The second-order valence-electron chi connectivity index (χ2n) is 4.56. The fourth-order valence-corrected chi connectivity index (χ4v) is 1.66. The van der Waals surface area contributed by atoms with E-state index >= 15 is 0 Å². The lowest BCUT2D eigenvalue weighted by atomic mass is 10.1. The van der Waals surface area contributed by atoms with Crippen LogP contribution in [-0.4, -0.2) is 48.8 Å². The Bertz CT molecular complexity index is 495. The van der Waals surface area contributed by atoms with Gasteiger partial charge in [-0.3, -0.25) is 19.2 Å². The van der Waals surface area contributed by atoms with Crippen LogP contribution >= 0.6 is 0 Å². The van der Waals surface area contributed by atoms with Crippen LogP contribution in [0.5, 0.6) is 0 Å². The number of carbonyl (C=O) groups is 4. The second-order valence-corrected chi connectivity index (χ2v) is 4.56. The van der Waals surface area contributed by atoms with Crippen LogP contribution in [0.1, 0.15) is 34.1 Å². The molecule has 3 unspecified atom stereocenters. The number of nitriles is 1. The number of rotatable bonds is 8. The zero-order chi connectivity index (χ0) is 18.0. The van der Waals surface area contributed by atoms with Gasteiger partial charge in [0.05, 0.1) is 0 Å². The summed E-state index contributed by atoms with van der Waals surface area (Å²) >= 11 is 0. The van der Waals surface area contributed by atoms with Gasteiger partial charge in [0.2, 0.25) is 0 Å². The van der Waals surface area contributed by atoms with Gasteiger partial charge in [-0.1, -0.05) is 0 Å². The number of nitrogens with zero attached hydrogens (tertiary/aromatic N) is 1. The molecular weight excluding hydrogens is 310 g/mol. The zero-order valence-electron chi connectivity index (χ0n) is 13.4.